The molecule has 433 valence electrons. The Bertz CT molecular complexity index is 2910. The first-order chi connectivity index (χ1) is 37.1. The Morgan fingerprint density at radius 3 is 1.46 bits per heavy atom. The van der Waals surface area contributed by atoms with Crippen molar-refractivity contribution in [1.29, 1.82) is 0 Å². The predicted octanol–water partition coefficient (Wildman–Crippen LogP) is 8.34. The molecule has 1 aliphatic rings. The first kappa shape index (κ1) is 73.4. The van der Waals surface area contributed by atoms with Crippen LogP contribution in [0.3, 0.4) is 0 Å². The monoisotopic (exact) mass is 1190 g/mol. The Labute approximate surface area is 511 Å². The van der Waals surface area contributed by atoms with Gasteiger partial charge in [-0.1, -0.05) is 83.9 Å². The minimum absolute atomic E-state index is 0. The van der Waals surface area contributed by atoms with Crippen molar-refractivity contribution >= 4 is 122 Å². The number of aliphatic hydroxyl groups is 1. The van der Waals surface area contributed by atoms with E-state index in [0.717, 1.165) is 34.8 Å². The molecule has 0 saturated carbocycles. The quantitative estimate of drug-likeness (QED) is 0.0255. The van der Waals surface area contributed by atoms with Crippen LogP contribution in [0.1, 0.15) is 76.8 Å². The Morgan fingerprint density at radius 1 is 0.654 bits per heavy atom. The molecule has 1 aliphatic heterocycles. The number of hydrogen-bond donors (Lipinski definition) is 3. The van der Waals surface area contributed by atoms with Gasteiger partial charge in [-0.15, -0.1) is 0 Å². The van der Waals surface area contributed by atoms with Crippen molar-refractivity contribution in [3.63, 3.8) is 0 Å². The van der Waals surface area contributed by atoms with Gasteiger partial charge in [-0.25, -0.2) is 28.3 Å². The summed E-state index contributed by atoms with van der Waals surface area (Å²) in [6.07, 6.45) is 8.32. The number of aryl methyl sites for hydroxylation is 2. The molecule has 3 radical (unpaired) electrons. The number of hydrogen-bond acceptors (Lipinski definition) is 12. The molecule has 7 rings (SSSR count). The minimum atomic E-state index is -0.709. The van der Waals surface area contributed by atoms with Gasteiger partial charge in [0.2, 0.25) is 11.8 Å². The molecule has 1 saturated heterocycles. The third-order valence-corrected chi connectivity index (χ3v) is 13.3. The summed E-state index contributed by atoms with van der Waals surface area (Å²) in [4.78, 5) is 73.6. The number of ether oxygens (including phenoxy) is 4. The SMILES string of the molecule is C1CCOC1.CN(C(=O)CCc1ccc(F)cc1Cl)[C@@H](CCCCO)COC(=O)Nc1cc2ccccc2cn1.COC(=O)CCC[C@@H](COC(=O)Nc1cc2ccccc2cn1)N(C)C(=O)CCc1ccc(F)cc1Cl.S.S.[B].[H-].[Li+]. The summed E-state index contributed by atoms with van der Waals surface area (Å²) in [5.41, 5.74) is 1.34. The van der Waals surface area contributed by atoms with E-state index in [-0.39, 0.29) is 129 Å². The number of likely N-dealkylation sites (N-methyl/N-ethyl adjacent to an activating group) is 2. The number of benzene rings is 4. The number of nitrogens with zero attached hydrogens (tertiary/aromatic N) is 4. The van der Waals surface area contributed by atoms with E-state index in [0.29, 0.717) is 67.7 Å². The molecule has 0 spiro atoms. The minimum Gasteiger partial charge on any atom is -1.00 e. The molecule has 16 nitrogen and oxygen atoms in total. The summed E-state index contributed by atoms with van der Waals surface area (Å²) < 4.78 is 47.0. The van der Waals surface area contributed by atoms with Gasteiger partial charge < -0.3 is 35.3 Å². The third-order valence-electron chi connectivity index (χ3n) is 12.6. The first-order valence-corrected chi connectivity index (χ1v) is 26.1. The summed E-state index contributed by atoms with van der Waals surface area (Å²) in [5.74, 6) is -0.890. The smallest absolute Gasteiger partial charge is 1.00 e. The number of carbonyl (C=O) groups excluding carboxylic acids is 5. The number of rotatable bonds is 22. The van der Waals surface area contributed by atoms with E-state index in [1.807, 2.05) is 48.5 Å². The largest absolute Gasteiger partial charge is 1.00 e. The number of methoxy groups -OCH3 is 1. The fraction of sp³-hybridized carbons (Fsp3) is 0.386. The van der Waals surface area contributed by atoms with Crippen LogP contribution in [-0.4, -0.2) is 130 Å². The third kappa shape index (κ3) is 26.0. The molecule has 4 amide bonds. The number of aliphatic hydroxyl groups excluding tert-OH is 1. The second-order valence-corrected chi connectivity index (χ2v) is 18.9. The van der Waals surface area contributed by atoms with E-state index in [4.69, 9.17) is 42.5 Å². The molecule has 0 bridgehead atoms. The van der Waals surface area contributed by atoms with Crippen molar-refractivity contribution in [2.24, 2.45) is 0 Å². The fourth-order valence-electron chi connectivity index (χ4n) is 7.98. The number of halogens is 4. The number of unbranched alkanes of at least 4 members (excludes halogenated alkanes) is 1. The van der Waals surface area contributed by atoms with Gasteiger partial charge in [-0.2, -0.15) is 27.0 Å². The molecular formula is C57H71BCl2F2LiN6O10S2. The van der Waals surface area contributed by atoms with Crippen LogP contribution in [0.25, 0.3) is 21.5 Å². The number of pyridine rings is 2. The van der Waals surface area contributed by atoms with Gasteiger partial charge in [-0.3, -0.25) is 25.0 Å². The number of amides is 4. The van der Waals surface area contributed by atoms with Gasteiger partial charge in [0.15, 0.2) is 0 Å². The maximum absolute atomic E-state index is 13.3. The number of aromatic nitrogens is 2. The summed E-state index contributed by atoms with van der Waals surface area (Å²) in [6.45, 7) is 1.95. The predicted molar refractivity (Wildman–Crippen MR) is 320 cm³/mol. The molecule has 0 aliphatic carbocycles. The summed E-state index contributed by atoms with van der Waals surface area (Å²) in [7, 11) is 4.58. The Morgan fingerprint density at radius 2 is 1.07 bits per heavy atom. The summed E-state index contributed by atoms with van der Waals surface area (Å²) in [6, 6.07) is 26.1. The average molecular weight is 1190 g/mol. The van der Waals surface area contributed by atoms with E-state index < -0.39 is 29.9 Å². The number of esters is 1. The number of fused-ring (bicyclic) bond motifs is 2. The van der Waals surface area contributed by atoms with Gasteiger partial charge in [0.25, 0.3) is 0 Å². The average Bonchev–Trinajstić information content (AvgIpc) is 4.03. The van der Waals surface area contributed by atoms with E-state index in [9.17, 15) is 32.8 Å². The summed E-state index contributed by atoms with van der Waals surface area (Å²) in [5, 5.41) is 18.6. The van der Waals surface area contributed by atoms with Gasteiger partial charge in [0.1, 0.15) is 36.5 Å². The van der Waals surface area contributed by atoms with E-state index in [1.54, 1.807) is 55.7 Å². The number of anilines is 2. The van der Waals surface area contributed by atoms with Crippen LogP contribution in [0.4, 0.5) is 30.0 Å². The van der Waals surface area contributed by atoms with E-state index >= 15 is 0 Å². The zero-order valence-electron chi connectivity index (χ0n) is 47.1. The first-order valence-electron chi connectivity index (χ1n) is 25.4. The van der Waals surface area contributed by atoms with Crippen molar-refractivity contribution in [2.75, 3.05) is 64.9 Å². The molecule has 3 heterocycles. The molecule has 0 unspecified atom stereocenters. The molecule has 4 aromatic carbocycles. The van der Waals surface area contributed by atoms with E-state index in [1.165, 1.54) is 49.1 Å². The maximum atomic E-state index is 13.3. The summed E-state index contributed by atoms with van der Waals surface area (Å²) >= 11 is 12.1. The van der Waals surface area contributed by atoms with Gasteiger partial charge in [-0.05, 0) is 116 Å². The molecule has 81 heavy (non-hydrogen) atoms. The van der Waals surface area contributed by atoms with Gasteiger partial charge >= 0.3 is 37.0 Å². The van der Waals surface area contributed by atoms with Crippen molar-refractivity contribution in [1.82, 2.24) is 19.8 Å². The van der Waals surface area contributed by atoms with E-state index in [2.05, 4.69) is 25.3 Å². The molecule has 6 aromatic rings. The zero-order chi connectivity index (χ0) is 55.5. The van der Waals surface area contributed by atoms with Gasteiger partial charge in [0, 0.05) is 94.8 Å². The van der Waals surface area contributed by atoms with Gasteiger partial charge in [0.05, 0.1) is 19.2 Å². The second-order valence-electron chi connectivity index (χ2n) is 18.1. The number of carbonyl (C=O) groups is 5. The molecule has 2 aromatic heterocycles. The van der Waals surface area contributed by atoms with Crippen molar-refractivity contribution in [3.05, 3.63) is 142 Å². The van der Waals surface area contributed by atoms with Crippen LogP contribution in [0, 0.1) is 11.6 Å². The van der Waals surface area contributed by atoms with Crippen LogP contribution >= 0.6 is 50.2 Å². The molecule has 24 heteroatoms. The van der Waals surface area contributed by atoms with Crippen molar-refractivity contribution < 1.29 is 77.1 Å². The molecule has 2 atom stereocenters. The second kappa shape index (κ2) is 39.7. The normalized spacial score (nSPS) is 11.9. The van der Waals surface area contributed by atoms with Crippen LogP contribution in [-0.2, 0) is 46.2 Å². The van der Waals surface area contributed by atoms with Crippen LogP contribution in [0.2, 0.25) is 10.0 Å². The fourth-order valence-corrected chi connectivity index (χ4v) is 8.51. The van der Waals surface area contributed by atoms with Crippen molar-refractivity contribution in [2.45, 2.75) is 89.1 Å². The zero-order valence-corrected chi connectivity index (χ0v) is 49.6. The Hall–Kier alpha value is -5.63. The molecular weight excluding hydrogens is 1120 g/mol. The number of nitrogens with one attached hydrogen (secondary N) is 2. The Kier molecular flexibility index (Phi) is 36.0. The van der Waals surface area contributed by atoms with Crippen LogP contribution in [0.5, 0.6) is 0 Å². The van der Waals surface area contributed by atoms with Crippen LogP contribution < -0.4 is 29.5 Å². The Balaban J connectivity index is 0.00000139. The molecule has 3 N–H and O–H groups in total. The standard InChI is InChI=1S/C27H29ClFN3O5.C26H29ClFN3O4.C4H8O.B.Li.2H2S.H/c1-32(25(33)13-11-18-10-12-21(29)15-23(18)28)22(8-5-9-26(34)36-2)17-37-27(35)31-24-14-19-6-3-4-7-20(19)16-30-24;1-31(25(33)12-10-18-9-11-21(28)15-23(18)27)22(8-4-5-13-32)17-35-26(34)30-24-14-19-6-2-3-7-20(19)16-29-24;1-2-4-5-3-1;;;;;/h3-4,6-7,10,12,14-16,22H,5,8-9,11,13,17H2,1-2H3,(H,30,31,35);2-3,6-7,9,11,14-16,22,32H,4-5,8,10,12-13,17H2,1H3,(H,29,30,34);1-4H2;;;2*1H2;/q;;;;+1;;;-1/t2*22-;;;;;;/m00....../s1. The maximum Gasteiger partial charge on any atom is 1.00 e. The van der Waals surface area contributed by atoms with Crippen molar-refractivity contribution in [3.8, 4) is 0 Å². The molecule has 1 fully saturated rings. The topological polar surface area (TPSA) is 199 Å². The van der Waals surface area contributed by atoms with Crippen LogP contribution in [0.15, 0.2) is 109 Å².